The molecular weight excluding hydrogens is 264 g/mol. The Kier molecular flexibility index (Phi) is 4.50. The average Bonchev–Trinajstić information content (AvgIpc) is 2.58. The number of fused-ring (bicyclic) bond motifs is 1. The average molecular weight is 288 g/mol. The Hall–Kier alpha value is -0.620. The summed E-state index contributed by atoms with van der Waals surface area (Å²) in [4.78, 5) is 16.0. The van der Waals surface area contributed by atoms with E-state index in [0.717, 1.165) is 12.8 Å². The monoisotopic (exact) mass is 288 g/mol. The van der Waals surface area contributed by atoms with Crippen LogP contribution in [-0.4, -0.2) is 67.9 Å². The van der Waals surface area contributed by atoms with Crippen molar-refractivity contribution in [2.45, 2.75) is 43.9 Å². The number of hydrogen-bond donors (Lipinski definition) is 0. The lowest BCUT2D eigenvalue weighted by molar-refractivity contribution is -0.131. The highest BCUT2D eigenvalue weighted by Crippen LogP contribution is 2.27. The van der Waals surface area contributed by atoms with Crippen LogP contribution in [-0.2, 0) is 14.6 Å². The van der Waals surface area contributed by atoms with Gasteiger partial charge >= 0.3 is 0 Å². The quantitative estimate of drug-likeness (QED) is 0.743. The smallest absolute Gasteiger partial charge is 0.222 e. The molecule has 0 aliphatic carbocycles. The number of carbonyl (C=O) groups excluding carboxylic acids is 1. The Bertz CT molecular complexity index is 435. The molecule has 6 heteroatoms. The molecule has 2 aliphatic rings. The number of sulfone groups is 1. The lowest BCUT2D eigenvalue weighted by Crippen LogP contribution is -2.52. The number of carbonyl (C=O) groups is 1. The number of amides is 1. The molecule has 0 bridgehead atoms. The molecule has 2 rings (SSSR count). The number of nitrogens with zero attached hydrogens (tertiary/aromatic N) is 2. The van der Waals surface area contributed by atoms with E-state index < -0.39 is 9.84 Å². The Morgan fingerprint density at radius 3 is 2.58 bits per heavy atom. The Labute approximate surface area is 115 Å². The molecule has 0 N–H and O–H groups in total. The summed E-state index contributed by atoms with van der Waals surface area (Å²) in [5, 5.41) is -0.286. The predicted octanol–water partition coefficient (Wildman–Crippen LogP) is 0.506. The van der Waals surface area contributed by atoms with Crippen molar-refractivity contribution in [2.75, 3.05) is 32.4 Å². The summed E-state index contributed by atoms with van der Waals surface area (Å²) in [5.41, 5.74) is 0. The summed E-state index contributed by atoms with van der Waals surface area (Å²) < 4.78 is 24.4. The zero-order valence-electron chi connectivity index (χ0n) is 11.8. The molecule has 2 aliphatic heterocycles. The van der Waals surface area contributed by atoms with Gasteiger partial charge in [0, 0.05) is 32.1 Å². The lowest BCUT2D eigenvalue weighted by Gasteiger charge is -2.37. The van der Waals surface area contributed by atoms with Crippen LogP contribution in [0, 0.1) is 0 Å². The van der Waals surface area contributed by atoms with E-state index in [4.69, 9.17) is 0 Å². The van der Waals surface area contributed by atoms with E-state index in [9.17, 15) is 13.2 Å². The van der Waals surface area contributed by atoms with Crippen molar-refractivity contribution in [1.82, 2.24) is 9.80 Å². The zero-order valence-corrected chi connectivity index (χ0v) is 12.7. The minimum absolute atomic E-state index is 0.0816. The van der Waals surface area contributed by atoms with Crippen molar-refractivity contribution in [3.05, 3.63) is 0 Å². The first-order chi connectivity index (χ1) is 8.95. The summed E-state index contributed by atoms with van der Waals surface area (Å²) in [6, 6.07) is 0.0816. The van der Waals surface area contributed by atoms with Gasteiger partial charge in [0.2, 0.25) is 5.91 Å². The number of hydrogen-bond acceptors (Lipinski definition) is 4. The highest BCUT2D eigenvalue weighted by Gasteiger charge is 2.41. The van der Waals surface area contributed by atoms with E-state index >= 15 is 0 Å². The normalized spacial score (nSPS) is 31.6. The van der Waals surface area contributed by atoms with Gasteiger partial charge in [-0.1, -0.05) is 6.92 Å². The highest BCUT2D eigenvalue weighted by atomic mass is 32.2. The maximum absolute atomic E-state index is 12.2. The molecule has 0 radical (unpaired) electrons. The predicted molar refractivity (Wildman–Crippen MR) is 74.7 cm³/mol. The summed E-state index contributed by atoms with van der Waals surface area (Å²) in [5.74, 6) is 0.425. The van der Waals surface area contributed by atoms with Crippen LogP contribution in [0.5, 0.6) is 0 Å². The van der Waals surface area contributed by atoms with E-state index in [2.05, 4.69) is 4.90 Å². The molecule has 1 amide bonds. The lowest BCUT2D eigenvalue weighted by atomic mass is 10.1. The van der Waals surface area contributed by atoms with Crippen LogP contribution in [0.1, 0.15) is 32.6 Å². The van der Waals surface area contributed by atoms with E-state index in [1.807, 2.05) is 18.9 Å². The molecular formula is C13H24N2O3S. The third-order valence-electron chi connectivity index (χ3n) is 4.38. The first-order valence-corrected chi connectivity index (χ1v) is 8.87. The van der Waals surface area contributed by atoms with Gasteiger partial charge in [0.05, 0.1) is 11.0 Å². The van der Waals surface area contributed by atoms with Crippen molar-refractivity contribution < 1.29 is 13.2 Å². The Balaban J connectivity index is 2.11. The molecule has 2 atom stereocenters. The van der Waals surface area contributed by atoms with E-state index in [1.165, 1.54) is 0 Å². The molecule has 0 aromatic rings. The molecule has 0 aromatic carbocycles. The zero-order chi connectivity index (χ0) is 14.0. The first-order valence-electron chi connectivity index (χ1n) is 7.15. The fourth-order valence-corrected chi connectivity index (χ4v) is 5.33. The van der Waals surface area contributed by atoms with Crippen molar-refractivity contribution in [2.24, 2.45) is 0 Å². The molecule has 110 valence electrons. The van der Waals surface area contributed by atoms with E-state index in [-0.39, 0.29) is 23.0 Å². The largest absolute Gasteiger partial charge is 0.343 e. The standard InChI is InChI=1S/C13H24N2O3S/c1-3-4-13(16)15-7-5-11-12(6-8-15)19(17,18)10-9-14(11)2/h11-12H,3-10H2,1-2H3/t11-,12+/m0/s1. The van der Waals surface area contributed by atoms with Gasteiger partial charge in [-0.2, -0.15) is 0 Å². The van der Waals surface area contributed by atoms with Gasteiger partial charge in [0.1, 0.15) is 0 Å². The molecule has 19 heavy (non-hydrogen) atoms. The second-order valence-electron chi connectivity index (χ2n) is 5.66. The summed E-state index contributed by atoms with van der Waals surface area (Å²) in [6.45, 7) is 3.90. The molecule has 0 unspecified atom stereocenters. The second kappa shape index (κ2) is 5.79. The molecule has 0 saturated carbocycles. The maximum Gasteiger partial charge on any atom is 0.222 e. The highest BCUT2D eigenvalue weighted by molar-refractivity contribution is 7.92. The molecule has 0 aromatic heterocycles. The van der Waals surface area contributed by atoms with Gasteiger partial charge in [0.25, 0.3) is 0 Å². The summed E-state index contributed by atoms with van der Waals surface area (Å²) in [7, 11) is -0.985. The van der Waals surface area contributed by atoms with Gasteiger partial charge in [-0.05, 0) is 26.3 Å². The van der Waals surface area contributed by atoms with Crippen LogP contribution in [0.15, 0.2) is 0 Å². The third-order valence-corrected chi connectivity index (χ3v) is 6.60. The van der Waals surface area contributed by atoms with Crippen molar-refractivity contribution in [3.63, 3.8) is 0 Å². The summed E-state index contributed by atoms with van der Waals surface area (Å²) in [6.07, 6.45) is 2.78. The molecule has 2 saturated heterocycles. The SMILES string of the molecule is CCCC(=O)N1CC[C@@H]2[C@H](CC1)N(C)CCS2(=O)=O. The first kappa shape index (κ1) is 14.8. The maximum atomic E-state index is 12.2. The molecule has 2 fully saturated rings. The minimum Gasteiger partial charge on any atom is -0.343 e. The minimum atomic E-state index is -2.98. The summed E-state index contributed by atoms with van der Waals surface area (Å²) >= 11 is 0. The van der Waals surface area contributed by atoms with Gasteiger partial charge in [-0.25, -0.2) is 8.42 Å². The van der Waals surface area contributed by atoms with Crippen LogP contribution in [0.3, 0.4) is 0 Å². The number of likely N-dealkylation sites (tertiary alicyclic amines) is 1. The van der Waals surface area contributed by atoms with Crippen LogP contribution in [0.4, 0.5) is 0 Å². The number of rotatable bonds is 2. The van der Waals surface area contributed by atoms with Gasteiger partial charge in [-0.15, -0.1) is 0 Å². The topological polar surface area (TPSA) is 57.7 Å². The Morgan fingerprint density at radius 1 is 1.21 bits per heavy atom. The van der Waals surface area contributed by atoms with Crippen LogP contribution in [0.25, 0.3) is 0 Å². The fraction of sp³-hybridized carbons (Fsp3) is 0.923. The third kappa shape index (κ3) is 3.11. The van der Waals surface area contributed by atoms with Crippen molar-refractivity contribution in [1.29, 1.82) is 0 Å². The molecule has 5 nitrogen and oxygen atoms in total. The van der Waals surface area contributed by atoms with E-state index in [1.54, 1.807) is 0 Å². The molecule has 2 heterocycles. The van der Waals surface area contributed by atoms with Gasteiger partial charge in [0.15, 0.2) is 9.84 Å². The second-order valence-corrected chi connectivity index (χ2v) is 8.00. The Morgan fingerprint density at radius 2 is 1.89 bits per heavy atom. The van der Waals surface area contributed by atoms with Crippen molar-refractivity contribution >= 4 is 15.7 Å². The van der Waals surface area contributed by atoms with E-state index in [0.29, 0.717) is 32.5 Å². The van der Waals surface area contributed by atoms with Gasteiger partial charge < -0.3 is 9.80 Å². The van der Waals surface area contributed by atoms with Crippen molar-refractivity contribution in [3.8, 4) is 0 Å². The van der Waals surface area contributed by atoms with Crippen LogP contribution >= 0.6 is 0 Å². The van der Waals surface area contributed by atoms with Crippen LogP contribution < -0.4 is 0 Å². The van der Waals surface area contributed by atoms with Crippen LogP contribution in [0.2, 0.25) is 0 Å². The van der Waals surface area contributed by atoms with Gasteiger partial charge in [-0.3, -0.25) is 4.79 Å². The fourth-order valence-electron chi connectivity index (χ4n) is 3.19. The molecule has 0 spiro atoms.